The van der Waals surface area contributed by atoms with E-state index in [4.69, 9.17) is 0 Å². The minimum absolute atomic E-state index is 0.0549. The lowest BCUT2D eigenvalue weighted by molar-refractivity contribution is -0.138. The maximum absolute atomic E-state index is 12.6. The first-order valence-electron chi connectivity index (χ1n) is 8.32. The fourth-order valence-electron chi connectivity index (χ4n) is 2.80. The Morgan fingerprint density at radius 1 is 1.36 bits per heavy atom. The van der Waals surface area contributed by atoms with E-state index in [2.05, 4.69) is 26.8 Å². The number of aromatic nitrogens is 3. The minimum Gasteiger partial charge on any atom is -0.337 e. The van der Waals surface area contributed by atoms with Crippen LogP contribution in [-0.2, 0) is 17.4 Å². The summed E-state index contributed by atoms with van der Waals surface area (Å²) in [6, 6.07) is 0. The third kappa shape index (κ3) is 4.71. The Morgan fingerprint density at radius 2 is 2.07 bits per heavy atom. The molecule has 0 aromatic carbocycles. The molecule has 1 N–H and O–H groups in total. The summed E-state index contributed by atoms with van der Waals surface area (Å²) >= 11 is 1.14. The molecule has 148 valence electrons. The van der Waals surface area contributed by atoms with Gasteiger partial charge in [0.25, 0.3) is 5.91 Å². The molecule has 3 rings (SSSR count). The highest BCUT2D eigenvalue weighted by molar-refractivity contribution is 7.14. The number of likely N-dealkylation sites (tertiary alicyclic amines) is 1. The summed E-state index contributed by atoms with van der Waals surface area (Å²) in [5.41, 5.74) is -0.654. The van der Waals surface area contributed by atoms with Crippen LogP contribution in [0.4, 0.5) is 18.3 Å². The van der Waals surface area contributed by atoms with Gasteiger partial charge in [-0.3, -0.25) is 14.9 Å². The van der Waals surface area contributed by atoms with Gasteiger partial charge in [0.1, 0.15) is 11.5 Å². The molecule has 28 heavy (non-hydrogen) atoms. The maximum Gasteiger partial charge on any atom is 0.419 e. The molecule has 7 nitrogen and oxygen atoms in total. The summed E-state index contributed by atoms with van der Waals surface area (Å²) in [6.07, 6.45) is -0.729. The second kappa shape index (κ2) is 8.05. The Morgan fingerprint density at radius 3 is 2.71 bits per heavy atom. The van der Waals surface area contributed by atoms with Crippen LogP contribution >= 0.6 is 11.3 Å². The Balaban J connectivity index is 1.57. The fourth-order valence-corrected chi connectivity index (χ4v) is 3.48. The zero-order chi connectivity index (χ0) is 20.3. The lowest BCUT2D eigenvalue weighted by Gasteiger charge is -2.15. The number of thiazole rings is 1. The van der Waals surface area contributed by atoms with E-state index in [1.807, 2.05) is 0 Å². The molecule has 1 fully saturated rings. The zero-order valence-corrected chi connectivity index (χ0v) is 15.4. The van der Waals surface area contributed by atoms with Crippen LogP contribution in [0.15, 0.2) is 30.4 Å². The number of anilines is 1. The second-order valence-electron chi connectivity index (χ2n) is 6.23. The molecule has 1 aliphatic heterocycles. The van der Waals surface area contributed by atoms with E-state index < -0.39 is 17.6 Å². The van der Waals surface area contributed by atoms with Gasteiger partial charge in [-0.05, 0) is 18.4 Å². The Bertz CT molecular complexity index is 882. The van der Waals surface area contributed by atoms with Gasteiger partial charge in [0.05, 0.1) is 5.56 Å². The van der Waals surface area contributed by atoms with Crippen LogP contribution in [0.2, 0.25) is 0 Å². The number of halogens is 3. The Labute approximate surface area is 162 Å². The van der Waals surface area contributed by atoms with Crippen molar-refractivity contribution in [2.45, 2.75) is 19.0 Å². The van der Waals surface area contributed by atoms with E-state index in [0.29, 0.717) is 36.9 Å². The van der Waals surface area contributed by atoms with Gasteiger partial charge >= 0.3 is 6.18 Å². The number of carbonyl (C=O) groups excluding carboxylic acids is 2. The molecular formula is C17H16F3N5O2S. The molecule has 0 spiro atoms. The van der Waals surface area contributed by atoms with Crippen molar-refractivity contribution >= 4 is 28.3 Å². The van der Waals surface area contributed by atoms with Gasteiger partial charge in [0.15, 0.2) is 5.13 Å². The molecule has 3 heterocycles. The average molecular weight is 411 g/mol. The van der Waals surface area contributed by atoms with Crippen LogP contribution < -0.4 is 5.32 Å². The molecule has 0 bridgehead atoms. The van der Waals surface area contributed by atoms with Crippen molar-refractivity contribution in [1.82, 2.24) is 19.9 Å². The van der Waals surface area contributed by atoms with Crippen molar-refractivity contribution in [3.05, 3.63) is 47.5 Å². The van der Waals surface area contributed by atoms with E-state index in [1.54, 1.807) is 10.3 Å². The van der Waals surface area contributed by atoms with Crippen molar-refractivity contribution in [3.63, 3.8) is 0 Å². The molecule has 1 atom stereocenters. The lowest BCUT2D eigenvalue weighted by atomic mass is 10.0. The molecule has 0 aliphatic carbocycles. The molecule has 11 heteroatoms. The molecule has 2 amide bonds. The third-order valence-corrected chi connectivity index (χ3v) is 4.97. The van der Waals surface area contributed by atoms with E-state index >= 15 is 0 Å². The largest absolute Gasteiger partial charge is 0.419 e. The van der Waals surface area contributed by atoms with Gasteiger partial charge in [-0.25, -0.2) is 15.0 Å². The van der Waals surface area contributed by atoms with Crippen LogP contribution in [0, 0.1) is 5.92 Å². The number of carbonyl (C=O) groups is 2. The van der Waals surface area contributed by atoms with Gasteiger partial charge in [-0.2, -0.15) is 13.2 Å². The molecule has 1 saturated heterocycles. The normalized spacial score (nSPS) is 16.8. The highest BCUT2D eigenvalue weighted by Crippen LogP contribution is 2.28. The van der Waals surface area contributed by atoms with Crippen molar-refractivity contribution in [2.75, 3.05) is 18.4 Å². The first kappa shape index (κ1) is 19.9. The lowest BCUT2D eigenvalue weighted by Crippen LogP contribution is -2.29. The SMILES string of the molecule is C=CC(=O)Nc1nc(C(=O)N2CCC(Cc3ncc(C(F)(F)F)cn3)C2)cs1. The van der Waals surface area contributed by atoms with E-state index in [1.165, 1.54) is 0 Å². The average Bonchev–Trinajstić information content (AvgIpc) is 3.30. The maximum atomic E-state index is 12.6. The predicted molar refractivity (Wildman–Crippen MR) is 95.7 cm³/mol. The summed E-state index contributed by atoms with van der Waals surface area (Å²) in [5, 5.41) is 4.37. The summed E-state index contributed by atoms with van der Waals surface area (Å²) in [7, 11) is 0. The van der Waals surface area contributed by atoms with Crippen LogP contribution in [0.1, 0.15) is 28.3 Å². The van der Waals surface area contributed by atoms with Gasteiger partial charge in [0.2, 0.25) is 5.91 Å². The predicted octanol–water partition coefficient (Wildman–Crippen LogP) is 2.78. The molecule has 0 saturated carbocycles. The van der Waals surface area contributed by atoms with Gasteiger partial charge < -0.3 is 4.90 Å². The number of rotatable bonds is 5. The number of alkyl halides is 3. The first-order valence-corrected chi connectivity index (χ1v) is 9.20. The quantitative estimate of drug-likeness (QED) is 0.765. The smallest absolute Gasteiger partial charge is 0.337 e. The third-order valence-electron chi connectivity index (χ3n) is 4.22. The summed E-state index contributed by atoms with van der Waals surface area (Å²) in [6.45, 7) is 4.29. The van der Waals surface area contributed by atoms with Crippen LogP contribution in [0.3, 0.4) is 0 Å². The molecule has 2 aromatic heterocycles. The van der Waals surface area contributed by atoms with Crippen LogP contribution in [-0.4, -0.2) is 44.8 Å². The second-order valence-corrected chi connectivity index (χ2v) is 7.09. The zero-order valence-electron chi connectivity index (χ0n) is 14.6. The standard InChI is InChI=1S/C17H16F3N5O2S/c1-2-14(26)24-16-23-12(9-28-16)15(27)25-4-3-10(8-25)5-13-21-6-11(7-22-13)17(18,19)20/h2,6-7,9-10H,1,3-5,8H2,(H,23,24,26). The van der Waals surface area contributed by atoms with Crippen molar-refractivity contribution in [2.24, 2.45) is 5.92 Å². The molecule has 1 aliphatic rings. The highest BCUT2D eigenvalue weighted by atomic mass is 32.1. The summed E-state index contributed by atoms with van der Waals surface area (Å²) in [5.74, 6) is -0.299. The van der Waals surface area contributed by atoms with Crippen LogP contribution in [0.25, 0.3) is 0 Å². The monoisotopic (exact) mass is 411 g/mol. The van der Waals surface area contributed by atoms with Gasteiger partial charge in [-0.15, -0.1) is 11.3 Å². The molecular weight excluding hydrogens is 395 g/mol. The minimum atomic E-state index is -4.47. The first-order chi connectivity index (χ1) is 13.3. The van der Waals surface area contributed by atoms with E-state index in [-0.39, 0.29) is 17.5 Å². The summed E-state index contributed by atoms with van der Waals surface area (Å²) < 4.78 is 37.7. The topological polar surface area (TPSA) is 88.1 Å². The Hall–Kier alpha value is -2.82. The highest BCUT2D eigenvalue weighted by Gasteiger charge is 2.32. The number of amides is 2. The van der Waals surface area contributed by atoms with Gasteiger partial charge in [0, 0.05) is 37.3 Å². The fraction of sp³-hybridized carbons (Fsp3) is 0.353. The number of hydrogen-bond acceptors (Lipinski definition) is 6. The number of hydrogen-bond donors (Lipinski definition) is 1. The molecule has 1 unspecified atom stereocenters. The van der Waals surface area contributed by atoms with E-state index in [9.17, 15) is 22.8 Å². The molecule has 0 radical (unpaired) electrons. The van der Waals surface area contributed by atoms with Crippen molar-refractivity contribution < 1.29 is 22.8 Å². The van der Waals surface area contributed by atoms with Crippen molar-refractivity contribution in [3.8, 4) is 0 Å². The van der Waals surface area contributed by atoms with E-state index in [0.717, 1.165) is 29.8 Å². The Kier molecular flexibility index (Phi) is 5.73. The number of nitrogens with zero attached hydrogens (tertiary/aromatic N) is 4. The van der Waals surface area contributed by atoms with Crippen molar-refractivity contribution in [1.29, 1.82) is 0 Å². The van der Waals surface area contributed by atoms with Gasteiger partial charge in [-0.1, -0.05) is 6.58 Å². The molecule has 2 aromatic rings. The van der Waals surface area contributed by atoms with Crippen LogP contribution in [0.5, 0.6) is 0 Å². The number of nitrogens with one attached hydrogen (secondary N) is 1. The summed E-state index contributed by atoms with van der Waals surface area (Å²) in [4.78, 5) is 37.1.